The van der Waals surface area contributed by atoms with Gasteiger partial charge in [0, 0.05) is 25.4 Å². The minimum absolute atomic E-state index is 0.663. The maximum atomic E-state index is 5.65. The number of allylic oxidation sites excluding steroid dienone is 2. The third-order valence-corrected chi connectivity index (χ3v) is 3.96. The molecule has 0 saturated heterocycles. The van der Waals surface area contributed by atoms with Crippen LogP contribution in [-0.2, 0) is 9.47 Å². The van der Waals surface area contributed by atoms with Gasteiger partial charge in [0.25, 0.3) is 0 Å². The summed E-state index contributed by atoms with van der Waals surface area (Å²) in [6.45, 7) is 0. The van der Waals surface area contributed by atoms with Gasteiger partial charge in [-0.3, -0.25) is 0 Å². The first kappa shape index (κ1) is 9.40. The van der Waals surface area contributed by atoms with E-state index in [0.29, 0.717) is 0 Å². The highest BCUT2D eigenvalue weighted by Gasteiger charge is 2.54. The Labute approximate surface area is 99.2 Å². The Bertz CT molecular complexity index is 657. The second kappa shape index (κ2) is 2.78. The van der Waals surface area contributed by atoms with E-state index >= 15 is 0 Å². The molecule has 2 heteroatoms. The van der Waals surface area contributed by atoms with Gasteiger partial charge in [0.15, 0.2) is 0 Å². The van der Waals surface area contributed by atoms with Crippen LogP contribution in [0.5, 0.6) is 0 Å². The number of fused-ring (bicyclic) bond motifs is 6. The summed E-state index contributed by atoms with van der Waals surface area (Å²) in [5, 5.41) is 2.63. The molecule has 0 amide bonds. The van der Waals surface area contributed by atoms with Crippen molar-refractivity contribution in [1.82, 2.24) is 0 Å². The summed E-state index contributed by atoms with van der Waals surface area (Å²) in [5.41, 5.74) is 4.90. The van der Waals surface area contributed by atoms with Gasteiger partial charge in [-0.2, -0.15) is 0 Å². The zero-order chi connectivity index (χ0) is 11.6. The van der Waals surface area contributed by atoms with E-state index in [1.54, 1.807) is 14.2 Å². The zero-order valence-corrected chi connectivity index (χ0v) is 9.78. The number of ether oxygens (including phenoxy) is 2. The van der Waals surface area contributed by atoms with Crippen LogP contribution in [-0.4, -0.2) is 20.0 Å². The molecule has 0 radical (unpaired) electrons. The minimum atomic E-state index is -0.663. The molecule has 0 N–H and O–H groups in total. The van der Waals surface area contributed by atoms with Crippen molar-refractivity contribution < 1.29 is 9.47 Å². The molecule has 2 nitrogen and oxygen atoms in total. The lowest BCUT2D eigenvalue weighted by Crippen LogP contribution is -2.37. The predicted octanol–water partition coefficient (Wildman–Crippen LogP) is 0.871. The molecule has 0 spiro atoms. The van der Waals surface area contributed by atoms with Crippen molar-refractivity contribution in [2.24, 2.45) is 0 Å². The van der Waals surface area contributed by atoms with Gasteiger partial charge < -0.3 is 9.47 Å². The number of benzene rings is 1. The first-order valence-corrected chi connectivity index (χ1v) is 5.71. The number of hydrogen-bond acceptors (Lipinski definition) is 2. The van der Waals surface area contributed by atoms with Gasteiger partial charge >= 0.3 is 0 Å². The molecule has 0 heterocycles. The standard InChI is InChI=1S/C15H12O2/c1-16-15(17-2)11-7-8-12(15)14-10-6-4-3-5-9(10)13(11)14/h3-8H,1-2H3. The van der Waals surface area contributed by atoms with Crippen LogP contribution < -0.4 is 10.4 Å². The third-order valence-electron chi connectivity index (χ3n) is 3.96. The van der Waals surface area contributed by atoms with Crippen LogP contribution in [0.15, 0.2) is 47.6 Å². The molecule has 1 aromatic rings. The molecule has 0 aliphatic heterocycles. The van der Waals surface area contributed by atoms with Crippen LogP contribution >= 0.6 is 0 Å². The molecule has 0 unspecified atom stereocenters. The van der Waals surface area contributed by atoms with Gasteiger partial charge in [-0.05, 0) is 21.6 Å². The average Bonchev–Trinajstić information content (AvgIpc) is 2.82. The van der Waals surface area contributed by atoms with E-state index in [2.05, 4.69) is 36.4 Å². The van der Waals surface area contributed by atoms with Gasteiger partial charge in [-0.1, -0.05) is 36.4 Å². The van der Waals surface area contributed by atoms with Crippen LogP contribution in [0.3, 0.4) is 0 Å². The van der Waals surface area contributed by atoms with E-state index in [4.69, 9.17) is 9.47 Å². The molecule has 84 valence electrons. The third kappa shape index (κ3) is 0.800. The summed E-state index contributed by atoms with van der Waals surface area (Å²) in [6, 6.07) is 8.47. The molecule has 0 aromatic heterocycles. The maximum absolute atomic E-state index is 5.65. The van der Waals surface area contributed by atoms with Crippen LogP contribution in [0.1, 0.15) is 0 Å². The molecule has 4 rings (SSSR count). The van der Waals surface area contributed by atoms with Crippen molar-refractivity contribution in [3.8, 4) is 0 Å². The van der Waals surface area contributed by atoms with Gasteiger partial charge in [0.1, 0.15) is 0 Å². The highest BCUT2D eigenvalue weighted by molar-refractivity contribution is 6.16. The molecule has 1 aromatic carbocycles. The lowest BCUT2D eigenvalue weighted by molar-refractivity contribution is -0.139. The van der Waals surface area contributed by atoms with E-state index in [1.165, 1.54) is 21.6 Å². The monoisotopic (exact) mass is 224 g/mol. The quantitative estimate of drug-likeness (QED) is 0.694. The van der Waals surface area contributed by atoms with Crippen LogP contribution in [0.2, 0.25) is 0 Å². The van der Waals surface area contributed by atoms with Crippen molar-refractivity contribution in [1.29, 1.82) is 0 Å². The molecular weight excluding hydrogens is 212 g/mol. The summed E-state index contributed by atoms with van der Waals surface area (Å²) in [6.07, 6.45) is 4.22. The number of hydrogen-bond donors (Lipinski definition) is 0. The number of methoxy groups -OCH3 is 2. The summed E-state index contributed by atoms with van der Waals surface area (Å²) in [4.78, 5) is 0. The van der Waals surface area contributed by atoms with E-state index in [-0.39, 0.29) is 0 Å². The first-order valence-electron chi connectivity index (χ1n) is 5.71. The molecule has 17 heavy (non-hydrogen) atoms. The Hall–Kier alpha value is -1.64. The first-order chi connectivity index (χ1) is 8.33. The largest absolute Gasteiger partial charge is 0.346 e. The van der Waals surface area contributed by atoms with E-state index in [9.17, 15) is 0 Å². The van der Waals surface area contributed by atoms with Gasteiger partial charge in [-0.15, -0.1) is 0 Å². The van der Waals surface area contributed by atoms with Gasteiger partial charge in [0.2, 0.25) is 5.79 Å². The van der Waals surface area contributed by atoms with Crippen molar-refractivity contribution in [2.75, 3.05) is 14.2 Å². The molecular formula is C15H12O2. The van der Waals surface area contributed by atoms with Crippen molar-refractivity contribution >= 4 is 11.1 Å². The predicted molar refractivity (Wildman–Crippen MR) is 65.4 cm³/mol. The fraction of sp³-hybridized carbons (Fsp3) is 0.200. The second-order valence-corrected chi connectivity index (χ2v) is 4.48. The molecule has 1 fully saturated rings. The van der Waals surface area contributed by atoms with Gasteiger partial charge in [-0.25, -0.2) is 0 Å². The molecule has 2 bridgehead atoms. The lowest BCUT2D eigenvalue weighted by Gasteiger charge is -2.25. The van der Waals surface area contributed by atoms with Crippen molar-refractivity contribution in [2.45, 2.75) is 5.79 Å². The van der Waals surface area contributed by atoms with Crippen molar-refractivity contribution in [3.63, 3.8) is 0 Å². The summed E-state index contributed by atoms with van der Waals surface area (Å²) in [5.74, 6) is -0.663. The Morgan fingerprint density at radius 1 is 0.824 bits per heavy atom. The Morgan fingerprint density at radius 2 is 1.29 bits per heavy atom. The summed E-state index contributed by atoms with van der Waals surface area (Å²) < 4.78 is 11.3. The lowest BCUT2D eigenvalue weighted by atomic mass is 9.88. The Balaban J connectivity index is 2.10. The van der Waals surface area contributed by atoms with Crippen LogP contribution in [0.25, 0.3) is 11.1 Å². The fourth-order valence-electron chi connectivity index (χ4n) is 3.24. The summed E-state index contributed by atoms with van der Waals surface area (Å²) >= 11 is 0. The minimum Gasteiger partial charge on any atom is -0.346 e. The second-order valence-electron chi connectivity index (χ2n) is 4.48. The van der Waals surface area contributed by atoms with E-state index < -0.39 is 5.79 Å². The van der Waals surface area contributed by atoms with Crippen molar-refractivity contribution in [3.05, 3.63) is 58.0 Å². The average molecular weight is 224 g/mol. The fourth-order valence-corrected chi connectivity index (χ4v) is 3.24. The van der Waals surface area contributed by atoms with E-state index in [0.717, 1.165) is 11.1 Å². The van der Waals surface area contributed by atoms with Crippen LogP contribution in [0, 0.1) is 0 Å². The SMILES string of the molecule is COC1(OC)C2=CC=C1C1=c3ccccc3=C21. The summed E-state index contributed by atoms with van der Waals surface area (Å²) in [7, 11) is 3.40. The maximum Gasteiger partial charge on any atom is 0.223 e. The van der Waals surface area contributed by atoms with Crippen LogP contribution in [0.4, 0.5) is 0 Å². The smallest absolute Gasteiger partial charge is 0.223 e. The number of rotatable bonds is 2. The Morgan fingerprint density at radius 3 is 1.71 bits per heavy atom. The molecule has 1 saturated carbocycles. The zero-order valence-electron chi connectivity index (χ0n) is 9.78. The normalized spacial score (nSPS) is 21.8. The highest BCUT2D eigenvalue weighted by atomic mass is 16.7. The van der Waals surface area contributed by atoms with Gasteiger partial charge in [0.05, 0.1) is 0 Å². The van der Waals surface area contributed by atoms with E-state index in [1.807, 2.05) is 0 Å². The Kier molecular flexibility index (Phi) is 1.54. The highest BCUT2D eigenvalue weighted by Crippen LogP contribution is 2.55. The molecule has 0 atom stereocenters. The topological polar surface area (TPSA) is 18.5 Å². The molecule has 3 aliphatic carbocycles. The molecule has 3 aliphatic rings.